The number of rotatable bonds is 17. The van der Waals surface area contributed by atoms with Crippen LogP contribution in [0.25, 0.3) is 0 Å². The summed E-state index contributed by atoms with van der Waals surface area (Å²) in [6.07, 6.45) is 20.2. The Morgan fingerprint density at radius 3 is 2.17 bits per heavy atom. The van der Waals surface area contributed by atoms with Crippen molar-refractivity contribution in [1.82, 2.24) is 0 Å². The molecule has 0 aromatic heterocycles. The Hall–Kier alpha value is -0.830. The maximum Gasteiger partial charge on any atom is 0.303 e. The smallest absolute Gasteiger partial charge is 0.303 e. The molecule has 1 unspecified atom stereocenters. The van der Waals surface area contributed by atoms with Crippen LogP contribution >= 0.6 is 0 Å². The zero-order valence-corrected chi connectivity index (χ0v) is 15.1. The van der Waals surface area contributed by atoms with Gasteiger partial charge in [-0.3, -0.25) is 4.79 Å². The van der Waals surface area contributed by atoms with Gasteiger partial charge >= 0.3 is 5.97 Å². The quantitative estimate of drug-likeness (QED) is 0.260. The molecule has 0 aromatic rings. The number of aliphatic hydroxyl groups is 1. The van der Waals surface area contributed by atoms with Crippen LogP contribution in [0.2, 0.25) is 0 Å². The van der Waals surface area contributed by atoms with Crippen LogP contribution in [0.4, 0.5) is 0 Å². The number of carbonyl (C=O) groups is 1. The van der Waals surface area contributed by atoms with E-state index in [4.69, 9.17) is 5.11 Å². The van der Waals surface area contributed by atoms with E-state index >= 15 is 0 Å². The Balaban J connectivity index is 3.27. The van der Waals surface area contributed by atoms with Gasteiger partial charge in [-0.1, -0.05) is 76.9 Å². The zero-order chi connectivity index (χ0) is 17.2. The molecule has 0 aliphatic carbocycles. The van der Waals surface area contributed by atoms with Crippen molar-refractivity contribution in [2.45, 2.75) is 109 Å². The lowest BCUT2D eigenvalue weighted by Gasteiger charge is -2.07. The molecule has 0 rings (SSSR count). The van der Waals surface area contributed by atoms with E-state index in [1.807, 2.05) is 0 Å². The predicted octanol–water partition coefficient (Wildman–Crippen LogP) is 5.86. The maximum absolute atomic E-state index is 10.4. The van der Waals surface area contributed by atoms with Gasteiger partial charge in [0.05, 0.1) is 6.10 Å². The largest absolute Gasteiger partial charge is 0.481 e. The molecule has 0 spiro atoms. The topological polar surface area (TPSA) is 57.5 Å². The minimum atomic E-state index is -0.688. The van der Waals surface area contributed by atoms with Crippen LogP contribution in [-0.2, 0) is 4.79 Å². The van der Waals surface area contributed by atoms with E-state index in [1.54, 1.807) is 0 Å². The lowest BCUT2D eigenvalue weighted by molar-refractivity contribution is -0.137. The van der Waals surface area contributed by atoms with Crippen LogP contribution in [0.3, 0.4) is 0 Å². The molecule has 0 aliphatic heterocycles. The van der Waals surface area contributed by atoms with Crippen molar-refractivity contribution in [2.75, 3.05) is 0 Å². The number of hydrogen-bond donors (Lipinski definition) is 2. The molecule has 0 fully saturated rings. The molecule has 3 heteroatoms. The minimum absolute atomic E-state index is 0.173. The molecule has 23 heavy (non-hydrogen) atoms. The normalized spacial score (nSPS) is 12.8. The van der Waals surface area contributed by atoms with Gasteiger partial charge in [-0.15, -0.1) is 0 Å². The average Bonchev–Trinajstić information content (AvgIpc) is 2.52. The number of aliphatic carboxylic acids is 1. The molecule has 0 radical (unpaired) electrons. The number of carboxylic acids is 1. The number of aliphatic hydroxyl groups excluding tert-OH is 1. The number of hydrogen-bond acceptors (Lipinski definition) is 2. The Morgan fingerprint density at radius 2 is 1.48 bits per heavy atom. The van der Waals surface area contributed by atoms with Crippen LogP contribution in [0.5, 0.6) is 0 Å². The van der Waals surface area contributed by atoms with Gasteiger partial charge in [-0.25, -0.2) is 0 Å². The third-order valence-electron chi connectivity index (χ3n) is 4.23. The molecule has 2 N–H and O–H groups in total. The van der Waals surface area contributed by atoms with Crippen LogP contribution in [0.1, 0.15) is 103 Å². The Bertz CT molecular complexity index is 287. The van der Waals surface area contributed by atoms with Gasteiger partial charge in [-0.05, 0) is 32.1 Å². The molecule has 0 aromatic carbocycles. The second-order valence-corrected chi connectivity index (χ2v) is 6.62. The molecule has 1 atom stereocenters. The standard InChI is InChI=1S/C20H38O3/c1-2-3-4-5-10-13-16-19(21)17-14-11-8-6-7-9-12-15-18-20(22)23/h11,14,19,21H,2-10,12-13,15-18H2,1H3,(H,22,23). The zero-order valence-electron chi connectivity index (χ0n) is 15.1. The van der Waals surface area contributed by atoms with Crippen LogP contribution in [0, 0.1) is 0 Å². The van der Waals surface area contributed by atoms with E-state index in [9.17, 15) is 9.90 Å². The molecule has 3 nitrogen and oxygen atoms in total. The SMILES string of the molecule is CCCCCCCCC(O)CC=CCCCCCCCC(=O)O. The van der Waals surface area contributed by atoms with Crippen LogP contribution in [-0.4, -0.2) is 22.3 Å². The molecule has 0 saturated heterocycles. The highest BCUT2D eigenvalue weighted by atomic mass is 16.4. The molecule has 136 valence electrons. The van der Waals surface area contributed by atoms with Crippen molar-refractivity contribution < 1.29 is 15.0 Å². The van der Waals surface area contributed by atoms with Crippen molar-refractivity contribution in [2.24, 2.45) is 0 Å². The second-order valence-electron chi connectivity index (χ2n) is 6.62. The van der Waals surface area contributed by atoms with E-state index in [2.05, 4.69) is 19.1 Å². The predicted molar refractivity (Wildman–Crippen MR) is 97.7 cm³/mol. The fourth-order valence-electron chi connectivity index (χ4n) is 2.72. The van der Waals surface area contributed by atoms with Crippen molar-refractivity contribution in [3.63, 3.8) is 0 Å². The molecular weight excluding hydrogens is 288 g/mol. The third kappa shape index (κ3) is 19.1. The lowest BCUT2D eigenvalue weighted by atomic mass is 10.0. The molecule has 0 heterocycles. The summed E-state index contributed by atoms with van der Waals surface area (Å²) in [4.78, 5) is 10.4. The third-order valence-corrected chi connectivity index (χ3v) is 4.23. The minimum Gasteiger partial charge on any atom is -0.481 e. The summed E-state index contributed by atoms with van der Waals surface area (Å²) in [5.41, 5.74) is 0. The highest BCUT2D eigenvalue weighted by Gasteiger charge is 2.01. The Morgan fingerprint density at radius 1 is 0.870 bits per heavy atom. The Labute approximate surface area is 143 Å². The van der Waals surface area contributed by atoms with Gasteiger partial charge in [0, 0.05) is 6.42 Å². The van der Waals surface area contributed by atoms with E-state index in [0.29, 0.717) is 6.42 Å². The van der Waals surface area contributed by atoms with Gasteiger partial charge in [0.1, 0.15) is 0 Å². The first-order valence-corrected chi connectivity index (χ1v) is 9.71. The first-order chi connectivity index (χ1) is 11.2. The van der Waals surface area contributed by atoms with Crippen LogP contribution < -0.4 is 0 Å². The van der Waals surface area contributed by atoms with E-state index in [1.165, 1.54) is 38.5 Å². The van der Waals surface area contributed by atoms with Crippen LogP contribution in [0.15, 0.2) is 12.2 Å². The van der Waals surface area contributed by atoms with Crippen molar-refractivity contribution >= 4 is 5.97 Å². The summed E-state index contributed by atoms with van der Waals surface area (Å²) in [5, 5.41) is 18.4. The average molecular weight is 327 g/mol. The molecule has 0 amide bonds. The van der Waals surface area contributed by atoms with Gasteiger partial charge < -0.3 is 10.2 Å². The summed E-state index contributed by atoms with van der Waals surface area (Å²) in [6, 6.07) is 0. The van der Waals surface area contributed by atoms with Gasteiger partial charge in [-0.2, -0.15) is 0 Å². The number of carboxylic acid groups (broad SMARTS) is 1. The summed E-state index contributed by atoms with van der Waals surface area (Å²) in [7, 11) is 0. The summed E-state index contributed by atoms with van der Waals surface area (Å²) in [5.74, 6) is -0.688. The van der Waals surface area contributed by atoms with E-state index in [0.717, 1.165) is 51.4 Å². The first-order valence-electron chi connectivity index (χ1n) is 9.71. The fourth-order valence-corrected chi connectivity index (χ4v) is 2.72. The maximum atomic E-state index is 10.4. The van der Waals surface area contributed by atoms with Crippen molar-refractivity contribution in [3.05, 3.63) is 12.2 Å². The van der Waals surface area contributed by atoms with Gasteiger partial charge in [0.2, 0.25) is 0 Å². The highest BCUT2D eigenvalue weighted by Crippen LogP contribution is 2.11. The highest BCUT2D eigenvalue weighted by molar-refractivity contribution is 5.66. The number of unbranched alkanes of at least 4 members (excludes halogenated alkanes) is 10. The second kappa shape index (κ2) is 17.5. The lowest BCUT2D eigenvalue weighted by Crippen LogP contribution is -2.04. The molecule has 0 bridgehead atoms. The summed E-state index contributed by atoms with van der Waals surface area (Å²) in [6.45, 7) is 2.23. The summed E-state index contributed by atoms with van der Waals surface area (Å²) >= 11 is 0. The Kier molecular flexibility index (Phi) is 16.9. The molecular formula is C20H38O3. The molecule has 0 saturated carbocycles. The van der Waals surface area contributed by atoms with E-state index in [-0.39, 0.29) is 6.10 Å². The van der Waals surface area contributed by atoms with Crippen molar-refractivity contribution in [1.29, 1.82) is 0 Å². The summed E-state index contributed by atoms with van der Waals surface area (Å²) < 4.78 is 0. The first kappa shape index (κ1) is 22.2. The van der Waals surface area contributed by atoms with Gasteiger partial charge in [0.25, 0.3) is 0 Å². The molecule has 0 aliphatic rings. The van der Waals surface area contributed by atoms with Crippen molar-refractivity contribution in [3.8, 4) is 0 Å². The number of allylic oxidation sites excluding steroid dienone is 1. The van der Waals surface area contributed by atoms with Gasteiger partial charge in [0.15, 0.2) is 0 Å². The fraction of sp³-hybridized carbons (Fsp3) is 0.850. The monoisotopic (exact) mass is 326 g/mol. The van der Waals surface area contributed by atoms with E-state index < -0.39 is 5.97 Å².